The molecule has 2 aliphatic rings. The van der Waals surface area contributed by atoms with E-state index in [9.17, 15) is 45.0 Å². The number of carbonyl (C=O) groups is 3. The minimum Gasteiger partial charge on any atom is -0.508 e. The standard InChI is InChI=1S/C35H40O16/c1-45-26-15-20(5-9-25(26)38)6-10-28(39)47-14-12-22-23(16-29(40)48-13-11-19-3-7-21(37)8-4-19)24(33(44)46-2)18-49-34(22)51-35-32(43)31(42)30(41)27(17-36)50-35/h3-10,12,15,18,23,27,30-32,34-38,41-43H,11,13-14,16-17H2,1-2H3/b10-6+,22-12+/t23-,27+,30+,31-,32+,34-,35-/m0/s1. The number of rotatable bonds is 14. The van der Waals surface area contributed by atoms with E-state index in [1.807, 2.05) is 0 Å². The van der Waals surface area contributed by atoms with E-state index >= 15 is 0 Å². The van der Waals surface area contributed by atoms with Crippen LogP contribution in [0.25, 0.3) is 6.08 Å². The molecule has 7 atom stereocenters. The van der Waals surface area contributed by atoms with E-state index in [0.29, 0.717) is 12.0 Å². The molecule has 1 saturated heterocycles. The fourth-order valence-electron chi connectivity index (χ4n) is 5.23. The molecule has 2 heterocycles. The Morgan fingerprint density at radius 1 is 0.941 bits per heavy atom. The molecule has 0 radical (unpaired) electrons. The third-order valence-electron chi connectivity index (χ3n) is 8.02. The number of carbonyl (C=O) groups excluding carboxylic acids is 3. The number of aromatic hydroxyl groups is 2. The van der Waals surface area contributed by atoms with Crippen LogP contribution in [-0.4, -0.2) is 120 Å². The van der Waals surface area contributed by atoms with Gasteiger partial charge in [0.1, 0.15) is 36.8 Å². The highest BCUT2D eigenvalue weighted by molar-refractivity contribution is 5.91. The normalized spacial score (nSPS) is 25.5. The van der Waals surface area contributed by atoms with Crippen molar-refractivity contribution in [3.63, 3.8) is 0 Å². The lowest BCUT2D eigenvalue weighted by atomic mass is 9.86. The fraction of sp³-hybridized carbons (Fsp3) is 0.400. The lowest BCUT2D eigenvalue weighted by Crippen LogP contribution is -2.60. The zero-order chi connectivity index (χ0) is 37.1. The Labute approximate surface area is 292 Å². The molecule has 0 bridgehead atoms. The van der Waals surface area contributed by atoms with Crippen molar-refractivity contribution in [3.8, 4) is 17.2 Å². The number of ether oxygens (including phenoxy) is 7. The zero-order valence-corrected chi connectivity index (χ0v) is 27.7. The second-order valence-electron chi connectivity index (χ2n) is 11.4. The Hall–Kier alpha value is -4.97. The van der Waals surface area contributed by atoms with Crippen LogP contribution in [-0.2, 0) is 49.2 Å². The van der Waals surface area contributed by atoms with Crippen LogP contribution in [0.4, 0.5) is 0 Å². The first-order chi connectivity index (χ1) is 24.4. The van der Waals surface area contributed by atoms with E-state index in [1.165, 1.54) is 43.5 Å². The third-order valence-corrected chi connectivity index (χ3v) is 8.02. The number of phenolic OH excluding ortho intramolecular Hbond substituents is 2. The van der Waals surface area contributed by atoms with E-state index in [1.54, 1.807) is 18.2 Å². The molecule has 6 N–H and O–H groups in total. The molecule has 0 unspecified atom stereocenters. The molecule has 2 aliphatic heterocycles. The molecule has 0 amide bonds. The second-order valence-corrected chi connectivity index (χ2v) is 11.4. The minimum atomic E-state index is -1.82. The van der Waals surface area contributed by atoms with Crippen LogP contribution >= 0.6 is 0 Å². The molecule has 0 aliphatic carbocycles. The molecule has 2 aromatic carbocycles. The highest BCUT2D eigenvalue weighted by atomic mass is 16.8. The molecule has 51 heavy (non-hydrogen) atoms. The number of hydrogen-bond donors (Lipinski definition) is 6. The van der Waals surface area contributed by atoms with Crippen molar-refractivity contribution in [2.24, 2.45) is 5.92 Å². The number of benzene rings is 2. The maximum Gasteiger partial charge on any atom is 0.337 e. The summed E-state index contributed by atoms with van der Waals surface area (Å²) in [5.41, 5.74) is 1.23. The first kappa shape index (κ1) is 38.8. The summed E-state index contributed by atoms with van der Waals surface area (Å²) in [6.45, 7) is -1.20. The van der Waals surface area contributed by atoms with Crippen molar-refractivity contribution < 1.29 is 78.2 Å². The van der Waals surface area contributed by atoms with E-state index in [2.05, 4.69) is 0 Å². The van der Waals surface area contributed by atoms with Gasteiger partial charge in [0.25, 0.3) is 0 Å². The van der Waals surface area contributed by atoms with Gasteiger partial charge in [-0.1, -0.05) is 18.2 Å². The molecule has 0 aromatic heterocycles. The highest BCUT2D eigenvalue weighted by Crippen LogP contribution is 2.36. The molecular weight excluding hydrogens is 676 g/mol. The quantitative estimate of drug-likeness (QED) is 0.0680. The van der Waals surface area contributed by atoms with Crippen molar-refractivity contribution in [1.29, 1.82) is 0 Å². The number of methoxy groups -OCH3 is 2. The molecule has 16 nitrogen and oxygen atoms in total. The van der Waals surface area contributed by atoms with Crippen LogP contribution in [0, 0.1) is 5.92 Å². The monoisotopic (exact) mass is 716 g/mol. The Morgan fingerprint density at radius 2 is 1.69 bits per heavy atom. The van der Waals surface area contributed by atoms with E-state index in [0.717, 1.165) is 25.0 Å². The van der Waals surface area contributed by atoms with Crippen molar-refractivity contribution in [1.82, 2.24) is 0 Å². The maximum absolute atomic E-state index is 13.1. The van der Waals surface area contributed by atoms with Crippen molar-refractivity contribution >= 4 is 24.0 Å². The van der Waals surface area contributed by atoms with E-state index in [-0.39, 0.29) is 35.0 Å². The van der Waals surface area contributed by atoms with Crippen LogP contribution in [0.2, 0.25) is 0 Å². The van der Waals surface area contributed by atoms with E-state index < -0.39 is 80.5 Å². The van der Waals surface area contributed by atoms with E-state index in [4.69, 9.17) is 33.2 Å². The minimum absolute atomic E-state index is 0.0369. The number of hydrogen-bond acceptors (Lipinski definition) is 16. The topological polar surface area (TPSA) is 237 Å². The van der Waals surface area contributed by atoms with Gasteiger partial charge in [0, 0.05) is 24.0 Å². The van der Waals surface area contributed by atoms with Gasteiger partial charge in [-0.25, -0.2) is 9.59 Å². The summed E-state index contributed by atoms with van der Waals surface area (Å²) >= 11 is 0. The highest BCUT2D eigenvalue weighted by Gasteiger charge is 2.47. The molecule has 276 valence electrons. The molecule has 2 aromatic rings. The third kappa shape index (κ3) is 10.3. The smallest absolute Gasteiger partial charge is 0.337 e. The van der Waals surface area contributed by atoms with Gasteiger partial charge in [0.15, 0.2) is 17.8 Å². The van der Waals surface area contributed by atoms with Crippen molar-refractivity contribution in [2.75, 3.05) is 34.0 Å². The van der Waals surface area contributed by atoms with Gasteiger partial charge in [0.2, 0.25) is 6.29 Å². The largest absolute Gasteiger partial charge is 0.508 e. The SMILES string of the molecule is COC(=O)C1=CO[C@@H](O[C@@H]2O[C@H](CO)[C@@H](O)[C@H](O)[C@H]2O)/C(=C/COC(=O)/C=C/c2ccc(O)c(OC)c2)[C@@H]1CC(=O)OCCc1ccc(O)cc1. The number of aliphatic hydroxyl groups excluding tert-OH is 4. The van der Waals surface area contributed by atoms with Crippen LogP contribution in [0.5, 0.6) is 17.2 Å². The summed E-state index contributed by atoms with van der Waals surface area (Å²) in [4.78, 5) is 38.5. The van der Waals surface area contributed by atoms with Crippen LogP contribution < -0.4 is 4.74 Å². The Balaban J connectivity index is 1.56. The molecule has 4 rings (SSSR count). The molecule has 1 fully saturated rings. The average molecular weight is 717 g/mol. The molecule has 16 heteroatoms. The first-order valence-corrected chi connectivity index (χ1v) is 15.7. The van der Waals surface area contributed by atoms with Crippen molar-refractivity contribution in [3.05, 3.63) is 83.2 Å². The lowest BCUT2D eigenvalue weighted by molar-refractivity contribution is -0.327. The summed E-state index contributed by atoms with van der Waals surface area (Å²) < 4.78 is 37.6. The lowest BCUT2D eigenvalue weighted by Gasteiger charge is -2.42. The number of phenols is 2. The maximum atomic E-state index is 13.1. The van der Waals surface area contributed by atoms with Gasteiger partial charge in [-0.05, 0) is 47.5 Å². The number of esters is 3. The van der Waals surface area contributed by atoms with Crippen LogP contribution in [0.1, 0.15) is 17.5 Å². The van der Waals surface area contributed by atoms with Gasteiger partial charge < -0.3 is 63.8 Å². The van der Waals surface area contributed by atoms with Gasteiger partial charge in [0.05, 0.1) is 45.7 Å². The van der Waals surface area contributed by atoms with Gasteiger partial charge in [-0.3, -0.25) is 4.79 Å². The van der Waals surface area contributed by atoms with Gasteiger partial charge >= 0.3 is 17.9 Å². The van der Waals surface area contributed by atoms with Gasteiger partial charge in [-0.15, -0.1) is 0 Å². The predicted molar refractivity (Wildman–Crippen MR) is 173 cm³/mol. The summed E-state index contributed by atoms with van der Waals surface area (Å²) in [6.07, 6.45) is -5.05. The summed E-state index contributed by atoms with van der Waals surface area (Å²) in [5, 5.41) is 60.0. The van der Waals surface area contributed by atoms with Gasteiger partial charge in [-0.2, -0.15) is 0 Å². The number of aliphatic hydroxyl groups is 4. The zero-order valence-electron chi connectivity index (χ0n) is 27.7. The predicted octanol–water partition coefficient (Wildman–Crippen LogP) is 0.611. The summed E-state index contributed by atoms with van der Waals surface area (Å²) in [7, 11) is 2.49. The fourth-order valence-corrected chi connectivity index (χ4v) is 5.23. The van der Waals surface area contributed by atoms with Crippen LogP contribution in [0.15, 0.2) is 72.0 Å². The Kier molecular flexibility index (Phi) is 13.9. The molecular formula is C35H40O16. The summed E-state index contributed by atoms with van der Waals surface area (Å²) in [6, 6.07) is 10.7. The van der Waals surface area contributed by atoms with Crippen LogP contribution in [0.3, 0.4) is 0 Å². The molecule has 0 saturated carbocycles. The summed E-state index contributed by atoms with van der Waals surface area (Å²) in [5.74, 6) is -3.35. The molecule has 0 spiro atoms. The first-order valence-electron chi connectivity index (χ1n) is 15.7. The van der Waals surface area contributed by atoms with Crippen molar-refractivity contribution in [2.45, 2.75) is 49.8 Å². The second kappa shape index (κ2) is 18.3. The Bertz CT molecular complexity index is 1600. The average Bonchev–Trinajstić information content (AvgIpc) is 3.12. The Morgan fingerprint density at radius 3 is 2.37 bits per heavy atom.